The maximum Gasteiger partial charge on any atom is 0.261 e. The van der Waals surface area contributed by atoms with Crippen LogP contribution in [0.5, 0.6) is 11.5 Å². The summed E-state index contributed by atoms with van der Waals surface area (Å²) in [5.41, 5.74) is 2.64. The van der Waals surface area contributed by atoms with Gasteiger partial charge in [-0.15, -0.1) is 0 Å². The van der Waals surface area contributed by atoms with Gasteiger partial charge in [-0.25, -0.2) is 4.98 Å². The maximum absolute atomic E-state index is 13.1. The van der Waals surface area contributed by atoms with Crippen LogP contribution in [0.1, 0.15) is 16.2 Å². The number of fused-ring (bicyclic) bond motifs is 1. The Labute approximate surface area is 170 Å². The Balaban J connectivity index is 1.44. The van der Waals surface area contributed by atoms with E-state index < -0.39 is 0 Å². The number of aromatic nitrogens is 2. The molecule has 152 valence electrons. The predicted octanol–water partition coefficient (Wildman–Crippen LogP) is 2.55. The number of para-hydroxylation sites is 2. The van der Waals surface area contributed by atoms with Gasteiger partial charge in [-0.05, 0) is 24.3 Å². The highest BCUT2D eigenvalue weighted by Crippen LogP contribution is 2.30. The first-order chi connectivity index (χ1) is 14.1. The number of imidazole rings is 1. The van der Waals surface area contributed by atoms with Crippen LogP contribution in [0.3, 0.4) is 0 Å². The molecule has 4 rings (SSSR count). The molecule has 0 unspecified atom stereocenters. The van der Waals surface area contributed by atoms with Gasteiger partial charge in [-0.2, -0.15) is 0 Å². The van der Waals surface area contributed by atoms with E-state index in [-0.39, 0.29) is 5.91 Å². The summed E-state index contributed by atoms with van der Waals surface area (Å²) in [5.74, 6) is 2.06. The Kier molecular flexibility index (Phi) is 5.40. The molecule has 1 saturated heterocycles. The summed E-state index contributed by atoms with van der Waals surface area (Å²) in [5, 5.41) is 0. The van der Waals surface area contributed by atoms with Crippen molar-refractivity contribution in [1.82, 2.24) is 19.4 Å². The summed E-state index contributed by atoms with van der Waals surface area (Å²) in [7, 11) is 5.19. The quantitative estimate of drug-likeness (QED) is 0.666. The third kappa shape index (κ3) is 3.65. The highest BCUT2D eigenvalue weighted by molar-refractivity contribution is 5.99. The molecule has 29 heavy (non-hydrogen) atoms. The highest BCUT2D eigenvalue weighted by atomic mass is 16.5. The van der Waals surface area contributed by atoms with Crippen molar-refractivity contribution in [3.05, 3.63) is 53.9 Å². The Hall–Kier alpha value is -3.06. The summed E-state index contributed by atoms with van der Waals surface area (Å²) < 4.78 is 12.9. The summed E-state index contributed by atoms with van der Waals surface area (Å²) >= 11 is 0. The van der Waals surface area contributed by atoms with Crippen molar-refractivity contribution in [2.24, 2.45) is 7.05 Å². The zero-order valence-electron chi connectivity index (χ0n) is 17.1. The molecule has 0 aliphatic carbocycles. The van der Waals surface area contributed by atoms with E-state index in [1.54, 1.807) is 26.4 Å². The Morgan fingerprint density at radius 1 is 0.966 bits per heavy atom. The van der Waals surface area contributed by atoms with Crippen LogP contribution in [-0.4, -0.2) is 65.7 Å². The van der Waals surface area contributed by atoms with Gasteiger partial charge >= 0.3 is 0 Å². The lowest BCUT2D eigenvalue weighted by Crippen LogP contribution is -2.48. The van der Waals surface area contributed by atoms with Crippen molar-refractivity contribution in [3.63, 3.8) is 0 Å². The summed E-state index contributed by atoms with van der Waals surface area (Å²) in [6, 6.07) is 13.6. The number of amides is 1. The van der Waals surface area contributed by atoms with Crippen molar-refractivity contribution in [3.8, 4) is 11.5 Å². The highest BCUT2D eigenvalue weighted by Gasteiger charge is 2.27. The largest absolute Gasteiger partial charge is 0.496 e. The van der Waals surface area contributed by atoms with Crippen LogP contribution in [-0.2, 0) is 13.6 Å². The molecule has 0 saturated carbocycles. The Bertz CT molecular complexity index is 1000. The Morgan fingerprint density at radius 2 is 1.62 bits per heavy atom. The minimum Gasteiger partial charge on any atom is -0.496 e. The molecule has 2 heterocycles. The molecular weight excluding hydrogens is 368 g/mol. The number of benzene rings is 2. The molecule has 0 bridgehead atoms. The van der Waals surface area contributed by atoms with E-state index in [2.05, 4.69) is 22.6 Å². The second-order valence-electron chi connectivity index (χ2n) is 7.18. The lowest BCUT2D eigenvalue weighted by Gasteiger charge is -2.34. The molecule has 1 aliphatic heterocycles. The number of aryl methyl sites for hydroxylation is 1. The van der Waals surface area contributed by atoms with Crippen LogP contribution in [0.4, 0.5) is 0 Å². The zero-order chi connectivity index (χ0) is 20.4. The molecule has 1 fully saturated rings. The first-order valence-electron chi connectivity index (χ1n) is 9.75. The number of ether oxygens (including phenoxy) is 2. The van der Waals surface area contributed by atoms with Gasteiger partial charge in [0.05, 0.1) is 31.8 Å². The second-order valence-corrected chi connectivity index (χ2v) is 7.18. The minimum atomic E-state index is -0.0540. The molecule has 1 aromatic heterocycles. The monoisotopic (exact) mass is 394 g/mol. The van der Waals surface area contributed by atoms with E-state index in [0.717, 1.165) is 36.5 Å². The molecule has 1 amide bonds. The molecule has 0 spiro atoms. The fraction of sp³-hybridized carbons (Fsp3) is 0.364. The number of carbonyl (C=O) groups excluding carboxylic acids is 1. The van der Waals surface area contributed by atoms with Gasteiger partial charge in [0.2, 0.25) is 0 Å². The lowest BCUT2D eigenvalue weighted by molar-refractivity contribution is 0.0618. The molecule has 7 heteroatoms. The van der Waals surface area contributed by atoms with Gasteiger partial charge in [-0.1, -0.05) is 18.2 Å². The standard InChI is InChI=1S/C22H26N4O3/c1-24-17-8-5-4-7-16(17)23-20(24)15-25-11-13-26(14-12-25)22(27)21-18(28-2)9-6-10-19(21)29-3/h4-10H,11-15H2,1-3H3. The molecule has 7 nitrogen and oxygen atoms in total. The van der Waals surface area contributed by atoms with Gasteiger partial charge < -0.3 is 18.9 Å². The molecule has 1 aliphatic rings. The topological polar surface area (TPSA) is 59.8 Å². The molecule has 3 aromatic rings. The average molecular weight is 394 g/mol. The third-order valence-electron chi connectivity index (χ3n) is 5.55. The number of hydrogen-bond acceptors (Lipinski definition) is 5. The fourth-order valence-corrected chi connectivity index (χ4v) is 3.87. The molecule has 0 radical (unpaired) electrons. The molecular formula is C22H26N4O3. The summed E-state index contributed by atoms with van der Waals surface area (Å²) in [6.45, 7) is 3.68. The van der Waals surface area contributed by atoms with Crippen LogP contribution >= 0.6 is 0 Å². The van der Waals surface area contributed by atoms with E-state index in [0.29, 0.717) is 30.2 Å². The number of carbonyl (C=O) groups is 1. The maximum atomic E-state index is 13.1. The van der Waals surface area contributed by atoms with Crippen molar-refractivity contribution in [2.75, 3.05) is 40.4 Å². The number of rotatable bonds is 5. The number of methoxy groups -OCH3 is 2. The van der Waals surface area contributed by atoms with Gasteiger partial charge in [0.25, 0.3) is 5.91 Å². The average Bonchev–Trinajstić information content (AvgIpc) is 3.08. The minimum absolute atomic E-state index is 0.0540. The van der Waals surface area contributed by atoms with Crippen molar-refractivity contribution >= 4 is 16.9 Å². The van der Waals surface area contributed by atoms with Gasteiger partial charge in [0, 0.05) is 33.2 Å². The van der Waals surface area contributed by atoms with E-state index in [1.165, 1.54) is 0 Å². The van der Waals surface area contributed by atoms with Gasteiger partial charge in [0.15, 0.2) is 0 Å². The number of hydrogen-bond donors (Lipinski definition) is 0. The van der Waals surface area contributed by atoms with Crippen LogP contribution in [0.2, 0.25) is 0 Å². The first kappa shape index (κ1) is 19.3. The smallest absolute Gasteiger partial charge is 0.261 e. The lowest BCUT2D eigenvalue weighted by atomic mass is 10.1. The van der Waals surface area contributed by atoms with Crippen LogP contribution in [0, 0.1) is 0 Å². The van der Waals surface area contributed by atoms with Crippen LogP contribution in [0.15, 0.2) is 42.5 Å². The van der Waals surface area contributed by atoms with Crippen molar-refractivity contribution < 1.29 is 14.3 Å². The third-order valence-corrected chi connectivity index (χ3v) is 5.55. The van der Waals surface area contributed by atoms with Gasteiger partial charge in [0.1, 0.15) is 22.9 Å². The van der Waals surface area contributed by atoms with E-state index >= 15 is 0 Å². The summed E-state index contributed by atoms with van der Waals surface area (Å²) in [6.07, 6.45) is 0. The number of nitrogens with zero attached hydrogens (tertiary/aromatic N) is 4. The molecule has 0 atom stereocenters. The van der Waals surface area contributed by atoms with Crippen molar-refractivity contribution in [1.29, 1.82) is 0 Å². The zero-order valence-corrected chi connectivity index (χ0v) is 17.1. The van der Waals surface area contributed by atoms with Crippen LogP contribution < -0.4 is 9.47 Å². The first-order valence-corrected chi connectivity index (χ1v) is 9.75. The van der Waals surface area contributed by atoms with Crippen LogP contribution in [0.25, 0.3) is 11.0 Å². The second kappa shape index (κ2) is 8.13. The molecule has 0 N–H and O–H groups in total. The number of piperazine rings is 1. The SMILES string of the molecule is COc1cccc(OC)c1C(=O)N1CCN(Cc2nc3ccccc3n2C)CC1. The van der Waals surface area contributed by atoms with Gasteiger partial charge in [-0.3, -0.25) is 9.69 Å². The fourth-order valence-electron chi connectivity index (χ4n) is 3.87. The molecule has 2 aromatic carbocycles. The van der Waals surface area contributed by atoms with Crippen molar-refractivity contribution in [2.45, 2.75) is 6.54 Å². The normalized spacial score (nSPS) is 14.9. The van der Waals surface area contributed by atoms with E-state index in [9.17, 15) is 4.79 Å². The van der Waals surface area contributed by atoms with E-state index in [4.69, 9.17) is 14.5 Å². The summed E-state index contributed by atoms with van der Waals surface area (Å²) in [4.78, 5) is 22.1. The Morgan fingerprint density at radius 3 is 2.24 bits per heavy atom. The van der Waals surface area contributed by atoms with E-state index in [1.807, 2.05) is 29.2 Å². The predicted molar refractivity (Wildman–Crippen MR) is 111 cm³/mol.